The smallest absolute Gasteiger partial charge is 0.410 e. The van der Waals surface area contributed by atoms with Crippen molar-refractivity contribution in [2.45, 2.75) is 69.6 Å². The summed E-state index contributed by atoms with van der Waals surface area (Å²) in [4.78, 5) is 42.6. The second-order valence-corrected chi connectivity index (χ2v) is 12.4. The minimum atomic E-state index is -3.30. The minimum Gasteiger partial charge on any atom is -0.444 e. The standard InChI is InChI=1S/C25H37N3O7S/c1-18-22(19-8-10-20(11-9-19)36(5,32)33)34-24(31)28(18)14-7-6-13-26-16-17-27(15-12-21(26)29)23(30)35-25(2,3)4/h8-11,18,22H,6-7,12-17H2,1-5H3. The molecule has 2 heterocycles. The molecule has 3 amide bonds. The lowest BCUT2D eigenvalue weighted by Gasteiger charge is -2.26. The van der Waals surface area contributed by atoms with E-state index in [9.17, 15) is 22.8 Å². The van der Waals surface area contributed by atoms with Gasteiger partial charge in [-0.2, -0.15) is 0 Å². The molecule has 3 rings (SSSR count). The number of hydrogen-bond donors (Lipinski definition) is 0. The first kappa shape index (κ1) is 27.8. The summed E-state index contributed by atoms with van der Waals surface area (Å²) in [7, 11) is -3.30. The summed E-state index contributed by atoms with van der Waals surface area (Å²) in [5.74, 6) is 0.00705. The topological polar surface area (TPSA) is 114 Å². The van der Waals surface area contributed by atoms with E-state index in [4.69, 9.17) is 9.47 Å². The van der Waals surface area contributed by atoms with E-state index in [0.29, 0.717) is 45.6 Å². The van der Waals surface area contributed by atoms with Crippen molar-refractivity contribution < 1.29 is 32.3 Å². The first-order chi connectivity index (χ1) is 16.8. The Bertz CT molecular complexity index is 1070. The SMILES string of the molecule is CC1C(c2ccc(S(C)(=O)=O)cc2)OC(=O)N1CCCCN1CCN(C(=O)OC(C)(C)C)CCC1=O. The number of nitrogens with zero attached hydrogens (tertiary/aromatic N) is 3. The van der Waals surface area contributed by atoms with Gasteiger partial charge < -0.3 is 24.2 Å². The fourth-order valence-corrected chi connectivity index (χ4v) is 4.98. The quantitative estimate of drug-likeness (QED) is 0.504. The average Bonchev–Trinajstić information content (AvgIpc) is 2.93. The molecule has 2 fully saturated rings. The maximum absolute atomic E-state index is 12.5. The molecule has 0 aromatic heterocycles. The van der Waals surface area contributed by atoms with Gasteiger partial charge in [0.1, 0.15) is 11.7 Å². The molecule has 2 aliphatic rings. The van der Waals surface area contributed by atoms with Gasteiger partial charge >= 0.3 is 12.2 Å². The van der Waals surface area contributed by atoms with Crippen molar-refractivity contribution >= 4 is 27.9 Å². The molecule has 0 aliphatic carbocycles. The van der Waals surface area contributed by atoms with Gasteiger partial charge in [0, 0.05) is 45.4 Å². The first-order valence-electron chi connectivity index (χ1n) is 12.3. The Morgan fingerprint density at radius 2 is 1.69 bits per heavy atom. The Hall–Kier alpha value is -2.82. The van der Waals surface area contributed by atoms with E-state index in [1.807, 2.05) is 27.7 Å². The number of ether oxygens (including phenoxy) is 2. The molecule has 2 unspecified atom stereocenters. The van der Waals surface area contributed by atoms with Crippen molar-refractivity contribution in [3.05, 3.63) is 29.8 Å². The van der Waals surface area contributed by atoms with E-state index in [2.05, 4.69) is 0 Å². The van der Waals surface area contributed by atoms with Crippen LogP contribution in [0, 0.1) is 0 Å². The van der Waals surface area contributed by atoms with E-state index in [1.54, 1.807) is 26.8 Å². The van der Waals surface area contributed by atoms with Gasteiger partial charge in [-0.1, -0.05) is 12.1 Å². The monoisotopic (exact) mass is 523 g/mol. The highest BCUT2D eigenvalue weighted by atomic mass is 32.2. The Morgan fingerprint density at radius 1 is 1.06 bits per heavy atom. The molecule has 0 saturated carbocycles. The van der Waals surface area contributed by atoms with Gasteiger partial charge in [0.25, 0.3) is 0 Å². The molecule has 10 nitrogen and oxygen atoms in total. The van der Waals surface area contributed by atoms with Crippen molar-refractivity contribution in [2.75, 3.05) is 39.0 Å². The molecule has 11 heteroatoms. The van der Waals surface area contributed by atoms with Crippen molar-refractivity contribution in [1.29, 1.82) is 0 Å². The molecule has 0 spiro atoms. The molecule has 0 radical (unpaired) electrons. The van der Waals surface area contributed by atoms with Crippen LogP contribution in [0.25, 0.3) is 0 Å². The lowest BCUT2D eigenvalue weighted by atomic mass is 10.0. The molecule has 0 bridgehead atoms. The summed E-state index contributed by atoms with van der Waals surface area (Å²) in [6, 6.07) is 6.20. The van der Waals surface area contributed by atoms with Gasteiger partial charge in [-0.05, 0) is 58.2 Å². The predicted molar refractivity (Wildman–Crippen MR) is 133 cm³/mol. The fourth-order valence-electron chi connectivity index (χ4n) is 4.35. The third-order valence-corrected chi connectivity index (χ3v) is 7.47. The van der Waals surface area contributed by atoms with Crippen LogP contribution in [-0.4, -0.2) is 91.8 Å². The number of carbonyl (C=O) groups is 3. The second kappa shape index (κ2) is 11.1. The summed E-state index contributed by atoms with van der Waals surface area (Å²) in [6.45, 7) is 9.61. The Morgan fingerprint density at radius 3 is 2.31 bits per heavy atom. The number of cyclic esters (lactones) is 1. The number of carbonyl (C=O) groups excluding carboxylic acids is 3. The third kappa shape index (κ3) is 7.11. The zero-order chi connectivity index (χ0) is 26.7. The molecule has 1 aromatic rings. The highest BCUT2D eigenvalue weighted by molar-refractivity contribution is 7.90. The van der Waals surface area contributed by atoms with Gasteiger partial charge in [-0.15, -0.1) is 0 Å². The van der Waals surface area contributed by atoms with Gasteiger partial charge in [0.15, 0.2) is 9.84 Å². The number of benzene rings is 1. The number of hydrogen-bond acceptors (Lipinski definition) is 7. The predicted octanol–water partition coefficient (Wildman–Crippen LogP) is 3.22. The minimum absolute atomic E-state index is 0.00705. The summed E-state index contributed by atoms with van der Waals surface area (Å²) in [6.07, 6.45) is 1.53. The van der Waals surface area contributed by atoms with Crippen LogP contribution in [0.2, 0.25) is 0 Å². The van der Waals surface area contributed by atoms with Crippen LogP contribution in [0.5, 0.6) is 0 Å². The normalized spacial score (nSPS) is 21.4. The van der Waals surface area contributed by atoms with Crippen LogP contribution in [0.4, 0.5) is 9.59 Å². The maximum atomic E-state index is 12.5. The van der Waals surface area contributed by atoms with Gasteiger partial charge in [-0.25, -0.2) is 18.0 Å². The van der Waals surface area contributed by atoms with E-state index < -0.39 is 33.7 Å². The molecule has 200 valence electrons. The molecule has 2 saturated heterocycles. The first-order valence-corrected chi connectivity index (χ1v) is 14.2. The maximum Gasteiger partial charge on any atom is 0.410 e. The van der Waals surface area contributed by atoms with Crippen molar-refractivity contribution in [2.24, 2.45) is 0 Å². The molecule has 1 aromatic carbocycles. The molecular weight excluding hydrogens is 486 g/mol. The van der Waals surface area contributed by atoms with Gasteiger partial charge in [0.05, 0.1) is 10.9 Å². The van der Waals surface area contributed by atoms with Crippen LogP contribution >= 0.6 is 0 Å². The summed E-state index contributed by atoms with van der Waals surface area (Å²) < 4.78 is 34.4. The van der Waals surface area contributed by atoms with Crippen molar-refractivity contribution in [3.8, 4) is 0 Å². The summed E-state index contributed by atoms with van der Waals surface area (Å²) in [5.41, 5.74) is 0.162. The molecule has 36 heavy (non-hydrogen) atoms. The molecular formula is C25H37N3O7S. The lowest BCUT2D eigenvalue weighted by molar-refractivity contribution is -0.130. The summed E-state index contributed by atoms with van der Waals surface area (Å²) >= 11 is 0. The van der Waals surface area contributed by atoms with Gasteiger partial charge in [0.2, 0.25) is 5.91 Å². The summed E-state index contributed by atoms with van der Waals surface area (Å²) in [5, 5.41) is 0. The highest BCUT2D eigenvalue weighted by Crippen LogP contribution is 2.33. The third-order valence-electron chi connectivity index (χ3n) is 6.35. The van der Waals surface area contributed by atoms with Crippen LogP contribution in [0.1, 0.15) is 58.6 Å². The van der Waals surface area contributed by atoms with Crippen LogP contribution in [-0.2, 0) is 24.1 Å². The van der Waals surface area contributed by atoms with Gasteiger partial charge in [-0.3, -0.25) is 4.79 Å². The van der Waals surface area contributed by atoms with Crippen LogP contribution in [0.3, 0.4) is 0 Å². The van der Waals surface area contributed by atoms with Crippen LogP contribution in [0.15, 0.2) is 29.2 Å². The molecule has 2 atom stereocenters. The highest BCUT2D eigenvalue weighted by Gasteiger charge is 2.39. The Balaban J connectivity index is 1.47. The largest absolute Gasteiger partial charge is 0.444 e. The second-order valence-electron chi connectivity index (χ2n) is 10.4. The Kier molecular flexibility index (Phi) is 8.53. The number of unbranched alkanes of at least 4 members (excludes halogenated alkanes) is 1. The van der Waals surface area contributed by atoms with Crippen molar-refractivity contribution in [3.63, 3.8) is 0 Å². The van der Waals surface area contributed by atoms with Crippen LogP contribution < -0.4 is 0 Å². The number of amides is 3. The van der Waals surface area contributed by atoms with E-state index in [1.165, 1.54) is 12.1 Å². The number of sulfone groups is 1. The number of rotatable bonds is 7. The zero-order valence-electron chi connectivity index (χ0n) is 21.7. The van der Waals surface area contributed by atoms with E-state index in [-0.39, 0.29) is 23.3 Å². The average molecular weight is 524 g/mol. The zero-order valence-corrected chi connectivity index (χ0v) is 22.5. The van der Waals surface area contributed by atoms with E-state index in [0.717, 1.165) is 11.8 Å². The lowest BCUT2D eigenvalue weighted by Crippen LogP contribution is -2.39. The fraction of sp³-hybridized carbons (Fsp3) is 0.640. The molecule has 0 N–H and O–H groups in total. The molecule has 2 aliphatic heterocycles. The van der Waals surface area contributed by atoms with Crippen molar-refractivity contribution in [1.82, 2.24) is 14.7 Å². The Labute approximate surface area is 213 Å². The van der Waals surface area contributed by atoms with E-state index >= 15 is 0 Å².